The molecule has 27 heavy (non-hydrogen) atoms. The van der Waals surface area contributed by atoms with Gasteiger partial charge in [0, 0.05) is 12.6 Å². The third-order valence-corrected chi connectivity index (χ3v) is 4.06. The summed E-state index contributed by atoms with van der Waals surface area (Å²) in [6.45, 7) is 0.242. The molecule has 0 bridgehead atoms. The molecule has 0 aromatic heterocycles. The van der Waals surface area contributed by atoms with E-state index in [2.05, 4.69) is 15.4 Å². The Morgan fingerprint density at radius 3 is 2.26 bits per heavy atom. The Morgan fingerprint density at radius 1 is 1.07 bits per heavy atom. The first-order valence-corrected chi connectivity index (χ1v) is 8.44. The van der Waals surface area contributed by atoms with Gasteiger partial charge in [0.15, 0.2) is 0 Å². The number of ether oxygens (including phenoxy) is 1. The number of halogens is 4. The van der Waals surface area contributed by atoms with Gasteiger partial charge in [0.1, 0.15) is 17.6 Å². The molecule has 2 aromatic rings. The quantitative estimate of drug-likeness (QED) is 0.716. The minimum absolute atomic E-state index is 0.168. The molecule has 0 saturated heterocycles. The van der Waals surface area contributed by atoms with Gasteiger partial charge in [-0.05, 0) is 48.2 Å². The van der Waals surface area contributed by atoms with Crippen LogP contribution in [0.5, 0.6) is 5.75 Å². The Kier molecular flexibility index (Phi) is 5.65. The van der Waals surface area contributed by atoms with Crippen molar-refractivity contribution in [1.29, 1.82) is 0 Å². The Hall–Kier alpha value is -2.61. The van der Waals surface area contributed by atoms with Crippen LogP contribution in [0.25, 0.3) is 0 Å². The molecule has 0 aliphatic heterocycles. The summed E-state index contributed by atoms with van der Waals surface area (Å²) in [5.41, 5.74) is 1.28. The molecular formula is C19H18F4N2O2. The molecule has 1 amide bonds. The van der Waals surface area contributed by atoms with Crippen LogP contribution in [0.15, 0.2) is 48.5 Å². The standard InChI is InChI=1S/C19H18F4N2O2/c20-14-5-3-13(4-6-14)17(18(26)25-15-7-8-15)24-11-12-1-9-16(10-2-12)27-19(21,22)23/h1-6,9-10,15,17,24H,7-8,11H2,(H,25,26)/t17-/m1/s1. The second-order valence-corrected chi connectivity index (χ2v) is 6.34. The van der Waals surface area contributed by atoms with E-state index in [9.17, 15) is 22.4 Å². The smallest absolute Gasteiger partial charge is 0.406 e. The lowest BCUT2D eigenvalue weighted by atomic mass is 10.1. The van der Waals surface area contributed by atoms with Crippen molar-refractivity contribution in [2.24, 2.45) is 0 Å². The second kappa shape index (κ2) is 7.96. The molecule has 2 N–H and O–H groups in total. The molecule has 144 valence electrons. The first kappa shape index (κ1) is 19.2. The van der Waals surface area contributed by atoms with E-state index < -0.39 is 18.2 Å². The molecule has 4 nitrogen and oxygen atoms in total. The highest BCUT2D eigenvalue weighted by Crippen LogP contribution is 2.24. The Balaban J connectivity index is 1.66. The zero-order chi connectivity index (χ0) is 19.4. The van der Waals surface area contributed by atoms with Crippen LogP contribution in [0.3, 0.4) is 0 Å². The number of nitrogens with one attached hydrogen (secondary N) is 2. The number of carbonyl (C=O) groups excluding carboxylic acids is 1. The third-order valence-electron chi connectivity index (χ3n) is 4.06. The summed E-state index contributed by atoms with van der Waals surface area (Å²) in [5, 5.41) is 5.97. The van der Waals surface area contributed by atoms with E-state index in [-0.39, 0.29) is 24.2 Å². The van der Waals surface area contributed by atoms with E-state index in [1.54, 1.807) is 0 Å². The summed E-state index contributed by atoms with van der Waals surface area (Å²) in [5.74, 6) is -0.936. The normalized spacial score (nSPS) is 15.3. The molecule has 0 spiro atoms. The number of rotatable bonds is 7. The van der Waals surface area contributed by atoms with E-state index in [1.165, 1.54) is 48.5 Å². The molecule has 0 heterocycles. The van der Waals surface area contributed by atoms with Crippen molar-refractivity contribution in [2.45, 2.75) is 37.8 Å². The van der Waals surface area contributed by atoms with E-state index >= 15 is 0 Å². The highest BCUT2D eigenvalue weighted by molar-refractivity contribution is 5.83. The first-order valence-electron chi connectivity index (χ1n) is 8.44. The maximum atomic E-state index is 13.2. The summed E-state index contributed by atoms with van der Waals surface area (Å²) in [4.78, 5) is 12.5. The van der Waals surface area contributed by atoms with Gasteiger partial charge in [-0.15, -0.1) is 13.2 Å². The number of amides is 1. The molecular weight excluding hydrogens is 364 g/mol. The number of carbonyl (C=O) groups is 1. The SMILES string of the molecule is O=C(NC1CC1)[C@H](NCc1ccc(OC(F)(F)F)cc1)c1ccc(F)cc1. The molecule has 1 aliphatic carbocycles. The molecule has 0 unspecified atom stereocenters. The molecule has 8 heteroatoms. The maximum absolute atomic E-state index is 13.2. The minimum atomic E-state index is -4.74. The highest BCUT2D eigenvalue weighted by Gasteiger charge is 2.31. The predicted octanol–water partition coefficient (Wildman–Crippen LogP) is 3.83. The number of hydrogen-bond donors (Lipinski definition) is 2. The van der Waals surface area contributed by atoms with Crippen LogP contribution < -0.4 is 15.4 Å². The summed E-state index contributed by atoms with van der Waals surface area (Å²) in [7, 11) is 0. The van der Waals surface area contributed by atoms with Crippen LogP contribution >= 0.6 is 0 Å². The predicted molar refractivity (Wildman–Crippen MR) is 90.3 cm³/mol. The van der Waals surface area contributed by atoms with E-state index in [0.29, 0.717) is 11.1 Å². The van der Waals surface area contributed by atoms with Crippen LogP contribution in [0, 0.1) is 5.82 Å². The van der Waals surface area contributed by atoms with Crippen molar-refractivity contribution in [3.8, 4) is 5.75 Å². The molecule has 2 aromatic carbocycles. The molecule has 0 radical (unpaired) electrons. The third kappa shape index (κ3) is 5.96. The largest absolute Gasteiger partial charge is 0.573 e. The van der Waals surface area contributed by atoms with E-state index in [4.69, 9.17) is 0 Å². The van der Waals surface area contributed by atoms with Crippen LogP contribution in [0.4, 0.5) is 17.6 Å². The summed E-state index contributed by atoms with van der Waals surface area (Å²) >= 11 is 0. The number of alkyl halides is 3. The van der Waals surface area contributed by atoms with Crippen molar-refractivity contribution in [3.63, 3.8) is 0 Å². The topological polar surface area (TPSA) is 50.4 Å². The molecule has 3 rings (SSSR count). The lowest BCUT2D eigenvalue weighted by Gasteiger charge is -2.19. The van der Waals surface area contributed by atoms with Crippen LogP contribution in [-0.2, 0) is 11.3 Å². The summed E-state index contributed by atoms with van der Waals surface area (Å²) in [6.07, 6.45) is -2.88. The van der Waals surface area contributed by atoms with Crippen LogP contribution in [-0.4, -0.2) is 18.3 Å². The molecule has 1 atom stereocenters. The van der Waals surface area contributed by atoms with Crippen molar-refractivity contribution in [3.05, 3.63) is 65.5 Å². The Labute approximate surface area is 153 Å². The first-order chi connectivity index (χ1) is 12.8. The van der Waals surface area contributed by atoms with Crippen LogP contribution in [0.2, 0.25) is 0 Å². The van der Waals surface area contributed by atoms with Crippen molar-refractivity contribution in [2.75, 3.05) is 0 Å². The van der Waals surface area contributed by atoms with Crippen LogP contribution in [0.1, 0.15) is 30.0 Å². The average molecular weight is 382 g/mol. The van der Waals surface area contributed by atoms with Gasteiger partial charge in [-0.1, -0.05) is 24.3 Å². The fraction of sp³-hybridized carbons (Fsp3) is 0.316. The van der Waals surface area contributed by atoms with Gasteiger partial charge >= 0.3 is 6.36 Å². The van der Waals surface area contributed by atoms with Gasteiger partial charge in [-0.3, -0.25) is 10.1 Å². The highest BCUT2D eigenvalue weighted by atomic mass is 19.4. The van der Waals surface area contributed by atoms with Crippen molar-refractivity contribution in [1.82, 2.24) is 10.6 Å². The lowest BCUT2D eigenvalue weighted by molar-refractivity contribution is -0.274. The second-order valence-electron chi connectivity index (χ2n) is 6.34. The average Bonchev–Trinajstić information content (AvgIpc) is 3.41. The molecule has 1 fully saturated rings. The van der Waals surface area contributed by atoms with Gasteiger partial charge in [0.05, 0.1) is 0 Å². The lowest BCUT2D eigenvalue weighted by Crippen LogP contribution is -2.38. The summed E-state index contributed by atoms with van der Waals surface area (Å²) < 4.78 is 53.6. The van der Waals surface area contributed by atoms with E-state index in [1.807, 2.05) is 0 Å². The van der Waals surface area contributed by atoms with E-state index in [0.717, 1.165) is 12.8 Å². The molecule has 1 saturated carbocycles. The maximum Gasteiger partial charge on any atom is 0.573 e. The monoisotopic (exact) mass is 382 g/mol. The number of hydrogen-bond acceptors (Lipinski definition) is 3. The van der Waals surface area contributed by atoms with Gasteiger partial charge in [0.25, 0.3) is 0 Å². The fourth-order valence-corrected chi connectivity index (χ4v) is 2.56. The fourth-order valence-electron chi connectivity index (χ4n) is 2.56. The van der Waals surface area contributed by atoms with Gasteiger partial charge < -0.3 is 10.1 Å². The zero-order valence-corrected chi connectivity index (χ0v) is 14.2. The van der Waals surface area contributed by atoms with Gasteiger partial charge in [0.2, 0.25) is 5.91 Å². The Bertz CT molecular complexity index is 772. The number of benzene rings is 2. The summed E-state index contributed by atoms with van der Waals surface area (Å²) in [6, 6.07) is 10.5. The van der Waals surface area contributed by atoms with Crippen molar-refractivity contribution < 1.29 is 27.1 Å². The molecule has 1 aliphatic rings. The van der Waals surface area contributed by atoms with Gasteiger partial charge in [-0.25, -0.2) is 4.39 Å². The minimum Gasteiger partial charge on any atom is -0.406 e. The van der Waals surface area contributed by atoms with Gasteiger partial charge in [-0.2, -0.15) is 0 Å². The Morgan fingerprint density at radius 2 is 1.70 bits per heavy atom. The zero-order valence-electron chi connectivity index (χ0n) is 14.2. The van der Waals surface area contributed by atoms with Crippen molar-refractivity contribution >= 4 is 5.91 Å².